The van der Waals surface area contributed by atoms with Gasteiger partial charge in [-0.2, -0.15) is 13.2 Å². The van der Waals surface area contributed by atoms with Gasteiger partial charge >= 0.3 is 6.18 Å². The Kier molecular flexibility index (Phi) is 8.39. The molecule has 1 fully saturated rings. The number of nitrogens with zero attached hydrogens (tertiary/aromatic N) is 2. The van der Waals surface area contributed by atoms with Gasteiger partial charge in [0.15, 0.2) is 0 Å². The predicted octanol–water partition coefficient (Wildman–Crippen LogP) is 3.90. The number of alkyl halides is 3. The normalized spacial score (nSPS) is 16.2. The second-order valence-electron chi connectivity index (χ2n) is 8.13. The van der Waals surface area contributed by atoms with Crippen LogP contribution in [0.15, 0.2) is 42.5 Å². The Balaban J connectivity index is 1.35. The van der Waals surface area contributed by atoms with Gasteiger partial charge in [0.25, 0.3) is 0 Å². The molecule has 1 saturated heterocycles. The van der Waals surface area contributed by atoms with E-state index in [0.717, 1.165) is 22.9 Å². The quantitative estimate of drug-likeness (QED) is 0.585. The van der Waals surface area contributed by atoms with Gasteiger partial charge in [-0.05, 0) is 43.2 Å². The molecule has 1 heterocycles. The Hall–Kier alpha value is -2.29. The van der Waals surface area contributed by atoms with Crippen molar-refractivity contribution in [2.45, 2.75) is 26.1 Å². The first kappa shape index (κ1) is 24.4. The van der Waals surface area contributed by atoms with E-state index in [1.165, 1.54) is 12.1 Å². The zero-order valence-electron chi connectivity index (χ0n) is 18.6. The number of ether oxygens (including phenoxy) is 2. The largest absolute Gasteiger partial charge is 0.491 e. The number of aliphatic hydroxyl groups is 1. The lowest BCUT2D eigenvalue weighted by Crippen LogP contribution is -2.49. The first-order valence-electron chi connectivity index (χ1n) is 10.8. The number of halogens is 3. The Bertz CT molecular complexity index is 848. The standard InChI is InChI=1S/C24H31F3N2O3/c1-18-5-3-6-19(2)23(18)32-14-13-31-17-22(30)16-28-9-11-29(12-10-28)21-8-4-7-20(15-21)24(25,26)27/h3-8,15,22,30H,9-14,16-17H2,1-2H3. The number of para-hydroxylation sites is 1. The fourth-order valence-electron chi connectivity index (χ4n) is 3.87. The number of anilines is 1. The molecule has 32 heavy (non-hydrogen) atoms. The summed E-state index contributed by atoms with van der Waals surface area (Å²) in [5.41, 5.74) is 2.10. The van der Waals surface area contributed by atoms with E-state index in [1.807, 2.05) is 36.9 Å². The van der Waals surface area contributed by atoms with E-state index in [4.69, 9.17) is 9.47 Å². The van der Waals surface area contributed by atoms with Crippen LogP contribution in [0.2, 0.25) is 0 Å². The van der Waals surface area contributed by atoms with Crippen LogP contribution in [0.25, 0.3) is 0 Å². The first-order chi connectivity index (χ1) is 15.2. The van der Waals surface area contributed by atoms with Gasteiger partial charge in [0, 0.05) is 38.4 Å². The molecule has 0 aliphatic carbocycles. The minimum Gasteiger partial charge on any atom is -0.491 e. The van der Waals surface area contributed by atoms with Crippen LogP contribution < -0.4 is 9.64 Å². The van der Waals surface area contributed by atoms with Crippen LogP contribution in [0.4, 0.5) is 18.9 Å². The molecule has 0 bridgehead atoms. The third-order valence-corrected chi connectivity index (χ3v) is 5.57. The molecule has 1 unspecified atom stereocenters. The number of benzene rings is 2. The average Bonchev–Trinajstić information content (AvgIpc) is 2.75. The van der Waals surface area contributed by atoms with E-state index in [1.54, 1.807) is 6.07 Å². The third kappa shape index (κ3) is 6.85. The highest BCUT2D eigenvalue weighted by molar-refractivity contribution is 5.49. The summed E-state index contributed by atoms with van der Waals surface area (Å²) in [5, 5.41) is 10.3. The van der Waals surface area contributed by atoms with Crippen molar-refractivity contribution in [1.29, 1.82) is 0 Å². The van der Waals surface area contributed by atoms with E-state index >= 15 is 0 Å². The average molecular weight is 453 g/mol. The molecule has 0 radical (unpaired) electrons. The van der Waals surface area contributed by atoms with Crippen molar-refractivity contribution in [3.05, 3.63) is 59.2 Å². The molecule has 1 aliphatic heterocycles. The summed E-state index contributed by atoms with van der Waals surface area (Å²) >= 11 is 0. The van der Waals surface area contributed by atoms with Crippen molar-refractivity contribution in [2.24, 2.45) is 0 Å². The minimum atomic E-state index is -4.34. The fraction of sp³-hybridized carbons (Fsp3) is 0.500. The molecular weight excluding hydrogens is 421 g/mol. The van der Waals surface area contributed by atoms with Crippen molar-refractivity contribution in [3.63, 3.8) is 0 Å². The molecule has 0 aromatic heterocycles. The maximum Gasteiger partial charge on any atom is 0.416 e. The van der Waals surface area contributed by atoms with E-state index in [0.29, 0.717) is 51.6 Å². The minimum absolute atomic E-state index is 0.212. The molecule has 0 amide bonds. The van der Waals surface area contributed by atoms with E-state index in [2.05, 4.69) is 4.90 Å². The fourth-order valence-corrected chi connectivity index (χ4v) is 3.87. The second-order valence-corrected chi connectivity index (χ2v) is 8.13. The van der Waals surface area contributed by atoms with Crippen molar-refractivity contribution in [3.8, 4) is 5.75 Å². The van der Waals surface area contributed by atoms with Gasteiger partial charge in [-0.15, -0.1) is 0 Å². The molecule has 1 aliphatic rings. The zero-order chi connectivity index (χ0) is 23.1. The van der Waals surface area contributed by atoms with Crippen molar-refractivity contribution >= 4 is 5.69 Å². The van der Waals surface area contributed by atoms with Gasteiger partial charge in [0.05, 0.1) is 24.9 Å². The summed E-state index contributed by atoms with van der Waals surface area (Å²) in [6, 6.07) is 11.4. The van der Waals surface area contributed by atoms with Gasteiger partial charge in [-0.3, -0.25) is 4.90 Å². The van der Waals surface area contributed by atoms with Crippen molar-refractivity contribution in [2.75, 3.05) is 57.4 Å². The van der Waals surface area contributed by atoms with E-state index in [-0.39, 0.29) is 6.61 Å². The molecule has 176 valence electrons. The summed E-state index contributed by atoms with van der Waals surface area (Å²) in [7, 11) is 0. The van der Waals surface area contributed by atoms with Gasteiger partial charge in [0.1, 0.15) is 12.4 Å². The molecule has 1 N–H and O–H groups in total. The van der Waals surface area contributed by atoms with Crippen LogP contribution in [0.3, 0.4) is 0 Å². The van der Waals surface area contributed by atoms with Crippen LogP contribution in [0.1, 0.15) is 16.7 Å². The van der Waals surface area contributed by atoms with Crippen LogP contribution >= 0.6 is 0 Å². The Morgan fingerprint density at radius 1 is 0.969 bits per heavy atom. The van der Waals surface area contributed by atoms with Crippen LogP contribution in [-0.2, 0) is 10.9 Å². The smallest absolute Gasteiger partial charge is 0.416 e. The Labute approximate surface area is 187 Å². The summed E-state index contributed by atoms with van der Waals surface area (Å²) < 4.78 is 50.2. The Morgan fingerprint density at radius 2 is 1.62 bits per heavy atom. The van der Waals surface area contributed by atoms with E-state index < -0.39 is 17.8 Å². The molecule has 1 atom stereocenters. The van der Waals surface area contributed by atoms with E-state index in [9.17, 15) is 18.3 Å². The highest BCUT2D eigenvalue weighted by Crippen LogP contribution is 2.31. The monoisotopic (exact) mass is 452 g/mol. The summed E-state index contributed by atoms with van der Waals surface area (Å²) in [4.78, 5) is 4.05. The number of rotatable bonds is 9. The number of hydrogen-bond donors (Lipinski definition) is 1. The molecular formula is C24H31F3N2O3. The molecule has 8 heteroatoms. The number of aliphatic hydroxyl groups excluding tert-OH is 1. The lowest BCUT2D eigenvalue weighted by Gasteiger charge is -2.37. The second kappa shape index (κ2) is 11.0. The number of aryl methyl sites for hydroxylation is 2. The molecule has 2 aromatic rings. The predicted molar refractivity (Wildman–Crippen MR) is 118 cm³/mol. The number of piperazine rings is 1. The molecule has 2 aromatic carbocycles. The molecule has 3 rings (SSSR count). The van der Waals surface area contributed by atoms with Crippen molar-refractivity contribution in [1.82, 2.24) is 4.90 Å². The van der Waals surface area contributed by atoms with Gasteiger partial charge in [0.2, 0.25) is 0 Å². The topological polar surface area (TPSA) is 45.2 Å². The van der Waals surface area contributed by atoms with Gasteiger partial charge in [-0.25, -0.2) is 0 Å². The van der Waals surface area contributed by atoms with Crippen molar-refractivity contribution < 1.29 is 27.8 Å². The maximum atomic E-state index is 12.9. The lowest BCUT2D eigenvalue weighted by molar-refractivity contribution is -0.137. The van der Waals surface area contributed by atoms with Gasteiger partial charge < -0.3 is 19.5 Å². The highest BCUT2D eigenvalue weighted by Gasteiger charge is 2.31. The summed E-state index contributed by atoms with van der Waals surface area (Å²) in [6.45, 7) is 8.03. The lowest BCUT2D eigenvalue weighted by atomic mass is 10.1. The van der Waals surface area contributed by atoms with Crippen LogP contribution in [-0.4, -0.2) is 68.7 Å². The van der Waals surface area contributed by atoms with Crippen LogP contribution in [0.5, 0.6) is 5.75 Å². The summed E-state index contributed by atoms with van der Waals surface area (Å²) in [5.74, 6) is 0.871. The third-order valence-electron chi connectivity index (χ3n) is 5.57. The highest BCUT2D eigenvalue weighted by atomic mass is 19.4. The van der Waals surface area contributed by atoms with Crippen LogP contribution in [0, 0.1) is 13.8 Å². The number of β-amino-alcohol motifs (C(OH)–C–C–N with tert-alkyl or cyclic N) is 1. The molecule has 0 saturated carbocycles. The summed E-state index contributed by atoms with van der Waals surface area (Å²) in [6.07, 6.45) is -4.97. The zero-order valence-corrected chi connectivity index (χ0v) is 18.6. The molecule has 0 spiro atoms. The number of hydrogen-bond acceptors (Lipinski definition) is 5. The van der Waals surface area contributed by atoms with Gasteiger partial charge in [-0.1, -0.05) is 24.3 Å². The maximum absolute atomic E-state index is 12.9. The first-order valence-corrected chi connectivity index (χ1v) is 10.8. The molecule has 5 nitrogen and oxygen atoms in total. The Morgan fingerprint density at radius 3 is 2.28 bits per heavy atom. The SMILES string of the molecule is Cc1cccc(C)c1OCCOCC(O)CN1CCN(c2cccc(C(F)(F)F)c2)CC1.